The summed E-state index contributed by atoms with van der Waals surface area (Å²) in [6, 6.07) is 1.22. The van der Waals surface area contributed by atoms with Gasteiger partial charge in [-0.2, -0.15) is 5.26 Å². The highest BCUT2D eigenvalue weighted by molar-refractivity contribution is 5.86. The number of primary amides is 1. The summed E-state index contributed by atoms with van der Waals surface area (Å²) in [5.41, 5.74) is 4.99. The molecule has 0 aliphatic carbocycles. The van der Waals surface area contributed by atoms with Crippen molar-refractivity contribution in [3.63, 3.8) is 0 Å². The molecule has 112 valence electrons. The van der Waals surface area contributed by atoms with Gasteiger partial charge in [0.1, 0.15) is 13.1 Å². The average Bonchev–Trinajstić information content (AvgIpc) is 2.36. The van der Waals surface area contributed by atoms with Crippen molar-refractivity contribution in [3.8, 4) is 6.07 Å². The van der Waals surface area contributed by atoms with E-state index >= 15 is 0 Å². The van der Waals surface area contributed by atoms with Crippen molar-refractivity contribution in [1.29, 1.82) is 5.26 Å². The Labute approximate surface area is 116 Å². The first kappa shape index (κ1) is 17.7. The molecule has 0 rings (SSSR count). The molecule has 0 fully saturated rings. The quantitative estimate of drug-likeness (QED) is 0.548. The van der Waals surface area contributed by atoms with Crippen LogP contribution in [0.2, 0.25) is 0 Å². The SMILES string of the molecule is COCCN(CCC#N)C(=O)N(CC(N)=O)CC(=O)O. The lowest BCUT2D eigenvalue weighted by Gasteiger charge is -2.28. The van der Waals surface area contributed by atoms with Crippen LogP contribution in [0.5, 0.6) is 0 Å². The lowest BCUT2D eigenvalue weighted by atomic mass is 10.4. The van der Waals surface area contributed by atoms with Crippen LogP contribution in [-0.2, 0) is 14.3 Å². The van der Waals surface area contributed by atoms with Crippen LogP contribution in [0, 0.1) is 11.3 Å². The Morgan fingerprint density at radius 3 is 2.35 bits per heavy atom. The number of methoxy groups -OCH3 is 1. The summed E-state index contributed by atoms with van der Waals surface area (Å²) in [6.07, 6.45) is 0.0902. The van der Waals surface area contributed by atoms with Crippen molar-refractivity contribution in [2.45, 2.75) is 6.42 Å². The zero-order valence-electron chi connectivity index (χ0n) is 11.2. The molecule has 0 aromatic rings. The van der Waals surface area contributed by atoms with E-state index in [1.807, 2.05) is 6.07 Å². The second kappa shape index (κ2) is 9.57. The minimum atomic E-state index is -1.26. The fourth-order valence-electron chi connectivity index (χ4n) is 1.43. The fraction of sp³-hybridized carbons (Fsp3) is 0.636. The summed E-state index contributed by atoms with van der Waals surface area (Å²) < 4.78 is 4.84. The average molecular weight is 286 g/mol. The van der Waals surface area contributed by atoms with Crippen LogP contribution in [0.15, 0.2) is 0 Å². The number of carboxylic acid groups (broad SMARTS) is 1. The van der Waals surface area contributed by atoms with E-state index in [1.54, 1.807) is 0 Å². The highest BCUT2D eigenvalue weighted by Gasteiger charge is 2.23. The molecule has 20 heavy (non-hydrogen) atoms. The summed E-state index contributed by atoms with van der Waals surface area (Å²) in [6.45, 7) is -0.604. The number of carboxylic acids is 1. The number of carbonyl (C=O) groups is 3. The Morgan fingerprint density at radius 2 is 1.90 bits per heavy atom. The summed E-state index contributed by atoms with van der Waals surface area (Å²) in [7, 11) is 1.45. The fourth-order valence-corrected chi connectivity index (χ4v) is 1.43. The zero-order chi connectivity index (χ0) is 15.5. The van der Waals surface area contributed by atoms with Gasteiger partial charge in [-0.25, -0.2) is 4.79 Å². The monoisotopic (exact) mass is 286 g/mol. The van der Waals surface area contributed by atoms with Gasteiger partial charge >= 0.3 is 12.0 Å². The standard InChI is InChI=1S/C11H18N4O5/c1-20-6-5-14(4-2-3-12)11(19)15(7-9(13)16)8-10(17)18/h2,4-8H2,1H3,(H2,13,16)(H,17,18). The summed E-state index contributed by atoms with van der Waals surface area (Å²) in [4.78, 5) is 35.8. The highest BCUT2D eigenvalue weighted by Crippen LogP contribution is 2.01. The first-order chi connectivity index (χ1) is 9.42. The van der Waals surface area contributed by atoms with E-state index in [0.717, 1.165) is 4.90 Å². The van der Waals surface area contributed by atoms with Crippen molar-refractivity contribution in [3.05, 3.63) is 0 Å². The predicted octanol–water partition coefficient (Wildman–Crippen LogP) is -1.16. The van der Waals surface area contributed by atoms with Crippen LogP contribution in [0.1, 0.15) is 6.42 Å². The van der Waals surface area contributed by atoms with Crippen molar-refractivity contribution in [2.24, 2.45) is 5.73 Å². The first-order valence-electron chi connectivity index (χ1n) is 5.82. The minimum absolute atomic E-state index is 0.0902. The molecule has 9 nitrogen and oxygen atoms in total. The van der Waals surface area contributed by atoms with Gasteiger partial charge in [-0.05, 0) is 0 Å². The largest absolute Gasteiger partial charge is 0.480 e. The zero-order valence-corrected chi connectivity index (χ0v) is 11.2. The van der Waals surface area contributed by atoms with Crippen molar-refractivity contribution in [2.75, 3.05) is 39.9 Å². The van der Waals surface area contributed by atoms with Crippen LogP contribution in [0.3, 0.4) is 0 Å². The third-order valence-electron chi connectivity index (χ3n) is 2.27. The summed E-state index contributed by atoms with van der Waals surface area (Å²) in [5, 5.41) is 17.3. The molecule has 0 bridgehead atoms. The summed E-state index contributed by atoms with van der Waals surface area (Å²) in [5.74, 6) is -2.07. The number of nitrogens with two attached hydrogens (primary N) is 1. The Bertz CT molecular complexity index is 377. The molecule has 0 aromatic heterocycles. The topological polar surface area (TPSA) is 137 Å². The van der Waals surface area contributed by atoms with Gasteiger partial charge in [0.05, 0.1) is 19.1 Å². The van der Waals surface area contributed by atoms with Gasteiger partial charge in [0, 0.05) is 20.2 Å². The molecule has 0 spiro atoms. The number of nitrogens with zero attached hydrogens (tertiary/aromatic N) is 3. The van der Waals surface area contributed by atoms with Gasteiger partial charge in [0.15, 0.2) is 0 Å². The van der Waals surface area contributed by atoms with Crippen LogP contribution < -0.4 is 5.73 Å². The van der Waals surface area contributed by atoms with E-state index in [2.05, 4.69) is 0 Å². The molecule has 0 aliphatic heterocycles. The molecule has 0 saturated heterocycles. The van der Waals surface area contributed by atoms with Crippen molar-refractivity contribution < 1.29 is 24.2 Å². The van der Waals surface area contributed by atoms with Crippen molar-refractivity contribution in [1.82, 2.24) is 9.80 Å². The van der Waals surface area contributed by atoms with Gasteiger partial charge in [-0.15, -0.1) is 0 Å². The molecule has 9 heteroatoms. The second-order valence-corrected chi connectivity index (χ2v) is 3.89. The number of hydrogen-bond donors (Lipinski definition) is 2. The molecule has 3 amide bonds. The molecular weight excluding hydrogens is 268 g/mol. The molecule has 0 unspecified atom stereocenters. The lowest BCUT2D eigenvalue weighted by molar-refractivity contribution is -0.138. The van der Waals surface area contributed by atoms with E-state index in [9.17, 15) is 14.4 Å². The Morgan fingerprint density at radius 1 is 1.25 bits per heavy atom. The maximum Gasteiger partial charge on any atom is 0.323 e. The second-order valence-electron chi connectivity index (χ2n) is 3.89. The first-order valence-corrected chi connectivity index (χ1v) is 5.82. The molecular formula is C11H18N4O5. The minimum Gasteiger partial charge on any atom is -0.480 e. The van der Waals surface area contributed by atoms with Gasteiger partial charge < -0.3 is 25.4 Å². The smallest absolute Gasteiger partial charge is 0.323 e. The number of nitriles is 1. The normalized spacial score (nSPS) is 9.60. The maximum absolute atomic E-state index is 12.1. The number of urea groups is 1. The molecule has 0 aromatic carbocycles. The molecule has 0 radical (unpaired) electrons. The Kier molecular flexibility index (Phi) is 8.45. The third kappa shape index (κ3) is 7.17. The predicted molar refractivity (Wildman–Crippen MR) is 67.5 cm³/mol. The van der Waals surface area contributed by atoms with Crippen LogP contribution in [0.25, 0.3) is 0 Å². The lowest BCUT2D eigenvalue weighted by Crippen LogP contribution is -2.49. The van der Waals surface area contributed by atoms with Crippen LogP contribution in [0.4, 0.5) is 4.79 Å². The third-order valence-corrected chi connectivity index (χ3v) is 2.27. The molecule has 0 aliphatic rings. The number of aliphatic carboxylic acids is 1. The number of carbonyl (C=O) groups excluding carboxylic acids is 2. The van der Waals surface area contributed by atoms with Crippen LogP contribution >= 0.6 is 0 Å². The Balaban J connectivity index is 4.86. The highest BCUT2D eigenvalue weighted by atomic mass is 16.5. The number of ether oxygens (including phenoxy) is 1. The molecule has 3 N–H and O–H groups in total. The van der Waals surface area contributed by atoms with E-state index in [1.165, 1.54) is 12.0 Å². The van der Waals surface area contributed by atoms with Gasteiger partial charge in [-0.1, -0.05) is 0 Å². The van der Waals surface area contributed by atoms with E-state index < -0.39 is 31.0 Å². The Hall–Kier alpha value is -2.34. The van der Waals surface area contributed by atoms with Gasteiger partial charge in [0.2, 0.25) is 5.91 Å². The van der Waals surface area contributed by atoms with Crippen LogP contribution in [-0.4, -0.2) is 72.7 Å². The molecule has 0 heterocycles. The summed E-state index contributed by atoms with van der Waals surface area (Å²) >= 11 is 0. The molecule has 0 saturated carbocycles. The van der Waals surface area contributed by atoms with Crippen molar-refractivity contribution >= 4 is 17.9 Å². The molecule has 0 atom stereocenters. The van der Waals surface area contributed by atoms with Gasteiger partial charge in [-0.3, -0.25) is 9.59 Å². The van der Waals surface area contributed by atoms with E-state index in [-0.39, 0.29) is 26.1 Å². The number of rotatable bonds is 9. The van der Waals surface area contributed by atoms with Gasteiger partial charge in [0.25, 0.3) is 0 Å². The number of amides is 3. The number of hydrogen-bond acceptors (Lipinski definition) is 5. The maximum atomic E-state index is 12.1. The van der Waals surface area contributed by atoms with E-state index in [4.69, 9.17) is 20.8 Å². The van der Waals surface area contributed by atoms with E-state index in [0.29, 0.717) is 0 Å².